The first-order valence-corrected chi connectivity index (χ1v) is 6.00. The van der Waals surface area contributed by atoms with Crippen molar-refractivity contribution in [3.63, 3.8) is 0 Å². The van der Waals surface area contributed by atoms with Gasteiger partial charge in [0.15, 0.2) is 11.5 Å². The van der Waals surface area contributed by atoms with E-state index in [1.54, 1.807) is 0 Å². The number of aromatic hydroxyl groups is 1. The fraction of sp³-hybridized carbons (Fsp3) is 0.357. The fourth-order valence-electron chi connectivity index (χ4n) is 1.90. The molecule has 0 aliphatic rings. The molecule has 20 heavy (non-hydrogen) atoms. The van der Waals surface area contributed by atoms with Crippen molar-refractivity contribution in [1.82, 2.24) is 0 Å². The molecule has 0 bridgehead atoms. The third-order valence-electron chi connectivity index (χ3n) is 2.89. The standard InChI is InChI=1S/C14H14N2O4/c1-20-12-6-9(7-15)10(11(8-16)14(12)19)4-2-3-5-13(17)18/h6,19H,2-5H2,1H3,(H,17,18). The number of carboxylic acids is 1. The average molecular weight is 274 g/mol. The predicted octanol–water partition coefficient (Wildman–Crippen LogP) is 1.94. The zero-order valence-electron chi connectivity index (χ0n) is 11.0. The summed E-state index contributed by atoms with van der Waals surface area (Å²) in [5.74, 6) is -1.10. The van der Waals surface area contributed by atoms with Crippen LogP contribution < -0.4 is 4.74 Å². The van der Waals surface area contributed by atoms with Gasteiger partial charge in [-0.2, -0.15) is 10.5 Å². The van der Waals surface area contributed by atoms with Crippen LogP contribution in [0.1, 0.15) is 36.0 Å². The number of unbranched alkanes of at least 4 members (excludes halogenated alkanes) is 1. The molecule has 0 spiro atoms. The number of aliphatic carboxylic acids is 1. The number of phenols is 1. The Labute approximate surface area is 116 Å². The van der Waals surface area contributed by atoms with E-state index in [2.05, 4.69) is 0 Å². The Bertz CT molecular complexity index is 597. The second kappa shape index (κ2) is 7.01. The van der Waals surface area contributed by atoms with Gasteiger partial charge >= 0.3 is 5.97 Å². The number of ether oxygens (including phenoxy) is 1. The molecule has 0 aliphatic carbocycles. The van der Waals surface area contributed by atoms with E-state index in [1.165, 1.54) is 13.2 Å². The number of carboxylic acid groups (broad SMARTS) is 1. The summed E-state index contributed by atoms with van der Waals surface area (Å²) in [6, 6.07) is 5.21. The van der Waals surface area contributed by atoms with Crippen LogP contribution in [-0.4, -0.2) is 23.3 Å². The molecule has 0 aliphatic heterocycles. The summed E-state index contributed by atoms with van der Waals surface area (Å²) in [6.45, 7) is 0. The Morgan fingerprint density at radius 2 is 2.05 bits per heavy atom. The summed E-state index contributed by atoms with van der Waals surface area (Å²) >= 11 is 0. The molecule has 0 saturated heterocycles. The minimum Gasteiger partial charge on any atom is -0.503 e. The molecule has 0 radical (unpaired) electrons. The summed E-state index contributed by atoms with van der Waals surface area (Å²) < 4.78 is 4.91. The monoisotopic (exact) mass is 274 g/mol. The van der Waals surface area contributed by atoms with Gasteiger partial charge in [0.1, 0.15) is 11.6 Å². The first-order chi connectivity index (χ1) is 9.54. The van der Waals surface area contributed by atoms with Crippen LogP contribution in [0.25, 0.3) is 0 Å². The molecular weight excluding hydrogens is 260 g/mol. The summed E-state index contributed by atoms with van der Waals surface area (Å²) in [6.07, 6.45) is 1.35. The second-order valence-electron chi connectivity index (χ2n) is 4.15. The second-order valence-corrected chi connectivity index (χ2v) is 4.15. The Morgan fingerprint density at radius 1 is 1.35 bits per heavy atom. The normalized spacial score (nSPS) is 9.55. The van der Waals surface area contributed by atoms with E-state index in [1.807, 2.05) is 12.1 Å². The molecular formula is C14H14N2O4. The lowest BCUT2D eigenvalue weighted by molar-refractivity contribution is -0.137. The number of nitrogens with zero attached hydrogens (tertiary/aromatic N) is 2. The minimum atomic E-state index is -0.886. The largest absolute Gasteiger partial charge is 0.503 e. The number of methoxy groups -OCH3 is 1. The summed E-state index contributed by atoms with van der Waals surface area (Å²) in [5.41, 5.74) is 0.696. The fourth-order valence-corrected chi connectivity index (χ4v) is 1.90. The van der Waals surface area contributed by atoms with E-state index in [0.717, 1.165) is 0 Å². The van der Waals surface area contributed by atoms with Crippen molar-refractivity contribution >= 4 is 5.97 Å². The number of phenolic OH excluding ortho intramolecular Hbond substituents is 1. The number of benzene rings is 1. The topological polar surface area (TPSA) is 114 Å². The molecule has 1 rings (SSSR count). The number of hydrogen-bond donors (Lipinski definition) is 2. The minimum absolute atomic E-state index is 0.0104. The van der Waals surface area contributed by atoms with Gasteiger partial charge in [0.2, 0.25) is 0 Å². The molecule has 6 heteroatoms. The number of nitriles is 2. The van der Waals surface area contributed by atoms with Crippen LogP contribution in [0.4, 0.5) is 0 Å². The molecule has 6 nitrogen and oxygen atoms in total. The van der Waals surface area contributed by atoms with Crippen LogP contribution in [0.3, 0.4) is 0 Å². The maximum Gasteiger partial charge on any atom is 0.303 e. The van der Waals surface area contributed by atoms with Gasteiger partial charge in [0.25, 0.3) is 0 Å². The maximum absolute atomic E-state index is 10.4. The molecule has 0 heterocycles. The summed E-state index contributed by atoms with van der Waals surface area (Å²) in [7, 11) is 1.34. The van der Waals surface area contributed by atoms with Crippen LogP contribution in [0.5, 0.6) is 11.5 Å². The molecule has 0 unspecified atom stereocenters. The Balaban J connectivity index is 3.05. The van der Waals surface area contributed by atoms with Crippen LogP contribution in [0.2, 0.25) is 0 Å². The highest BCUT2D eigenvalue weighted by atomic mass is 16.5. The van der Waals surface area contributed by atoms with Gasteiger partial charge in [-0.1, -0.05) is 0 Å². The van der Waals surface area contributed by atoms with Crippen LogP contribution in [-0.2, 0) is 11.2 Å². The van der Waals surface area contributed by atoms with Crippen molar-refractivity contribution in [2.24, 2.45) is 0 Å². The molecule has 0 amide bonds. The van der Waals surface area contributed by atoms with Crippen LogP contribution >= 0.6 is 0 Å². The molecule has 1 aromatic rings. The van der Waals surface area contributed by atoms with Crippen LogP contribution in [0.15, 0.2) is 6.07 Å². The maximum atomic E-state index is 10.4. The Hall–Kier alpha value is -2.73. The highest BCUT2D eigenvalue weighted by molar-refractivity contribution is 5.66. The highest BCUT2D eigenvalue weighted by Crippen LogP contribution is 2.35. The quantitative estimate of drug-likeness (QED) is 0.766. The smallest absolute Gasteiger partial charge is 0.303 e. The summed E-state index contributed by atoms with van der Waals surface area (Å²) in [5, 5.41) is 36.7. The van der Waals surface area contributed by atoms with Gasteiger partial charge in [0.05, 0.1) is 18.7 Å². The van der Waals surface area contributed by atoms with Crippen molar-refractivity contribution < 1.29 is 19.7 Å². The van der Waals surface area contributed by atoms with Gasteiger partial charge < -0.3 is 14.9 Å². The van der Waals surface area contributed by atoms with Crippen molar-refractivity contribution in [2.45, 2.75) is 25.7 Å². The average Bonchev–Trinajstić information content (AvgIpc) is 2.43. The van der Waals surface area contributed by atoms with Crippen LogP contribution in [0, 0.1) is 22.7 Å². The van der Waals surface area contributed by atoms with E-state index in [9.17, 15) is 9.90 Å². The lowest BCUT2D eigenvalue weighted by Crippen LogP contribution is -2.00. The SMILES string of the molecule is COc1cc(C#N)c(CCCCC(=O)O)c(C#N)c1O. The molecule has 0 aromatic heterocycles. The first-order valence-electron chi connectivity index (χ1n) is 6.00. The number of carbonyl (C=O) groups is 1. The number of hydrogen-bond acceptors (Lipinski definition) is 5. The predicted molar refractivity (Wildman–Crippen MR) is 69.3 cm³/mol. The third-order valence-corrected chi connectivity index (χ3v) is 2.89. The highest BCUT2D eigenvalue weighted by Gasteiger charge is 2.18. The molecule has 1 aromatic carbocycles. The van der Waals surface area contributed by atoms with E-state index in [0.29, 0.717) is 24.8 Å². The third kappa shape index (κ3) is 3.39. The Morgan fingerprint density at radius 3 is 2.55 bits per heavy atom. The molecule has 0 saturated carbocycles. The van der Waals surface area contributed by atoms with Gasteiger partial charge in [-0.25, -0.2) is 0 Å². The molecule has 0 fully saturated rings. The van der Waals surface area contributed by atoms with E-state index < -0.39 is 5.97 Å². The lowest BCUT2D eigenvalue weighted by atomic mass is 9.95. The van der Waals surface area contributed by atoms with Crippen molar-refractivity contribution in [3.05, 3.63) is 22.8 Å². The van der Waals surface area contributed by atoms with E-state index in [-0.39, 0.29) is 29.0 Å². The van der Waals surface area contributed by atoms with E-state index >= 15 is 0 Å². The van der Waals surface area contributed by atoms with Crippen molar-refractivity contribution in [3.8, 4) is 23.6 Å². The van der Waals surface area contributed by atoms with Gasteiger partial charge in [0, 0.05) is 12.5 Å². The molecule has 0 atom stereocenters. The lowest BCUT2D eigenvalue weighted by Gasteiger charge is -2.11. The van der Waals surface area contributed by atoms with Crippen molar-refractivity contribution in [1.29, 1.82) is 10.5 Å². The molecule has 104 valence electrons. The Kier molecular flexibility index (Phi) is 5.37. The zero-order chi connectivity index (χ0) is 15.1. The zero-order valence-corrected chi connectivity index (χ0v) is 11.0. The first kappa shape index (κ1) is 15.3. The van der Waals surface area contributed by atoms with E-state index in [4.69, 9.17) is 20.4 Å². The summed E-state index contributed by atoms with van der Waals surface area (Å²) in [4.78, 5) is 10.4. The van der Waals surface area contributed by atoms with Gasteiger partial charge in [-0.15, -0.1) is 0 Å². The van der Waals surface area contributed by atoms with Gasteiger partial charge in [-0.3, -0.25) is 4.79 Å². The van der Waals surface area contributed by atoms with Gasteiger partial charge in [-0.05, 0) is 24.8 Å². The number of rotatable bonds is 6. The van der Waals surface area contributed by atoms with Crippen molar-refractivity contribution in [2.75, 3.05) is 7.11 Å². The molecule has 2 N–H and O–H groups in total.